The molecule has 4 nitrogen and oxygen atoms in total. The largest absolute Gasteiger partial charge is 0.494 e. The summed E-state index contributed by atoms with van der Waals surface area (Å²) in [7, 11) is 1.65. The molecule has 0 aliphatic rings. The summed E-state index contributed by atoms with van der Waals surface area (Å²) in [6.07, 6.45) is 1.60. The van der Waals surface area contributed by atoms with E-state index in [2.05, 4.69) is 0 Å². The third-order valence-corrected chi connectivity index (χ3v) is 1.54. The lowest BCUT2D eigenvalue weighted by molar-refractivity contribution is 0.0522. The molecule has 0 amide bonds. The Kier molecular flexibility index (Phi) is 2.38. The van der Waals surface area contributed by atoms with Crippen molar-refractivity contribution in [2.24, 2.45) is 7.05 Å². The number of hydrogen-bond acceptors (Lipinski definition) is 3. The Morgan fingerprint density at radius 3 is 2.83 bits per heavy atom. The van der Waals surface area contributed by atoms with E-state index >= 15 is 0 Å². The quantitative estimate of drug-likeness (QED) is 0.669. The molecule has 0 fully saturated rings. The standard InChI is InChI=1S/C8H11NO3/c1-3-12-8(11)6-4-5-9(2)7(6)10/h4-5,10H,3H2,1-2H3. The summed E-state index contributed by atoms with van der Waals surface area (Å²) in [5.74, 6) is -0.552. The second kappa shape index (κ2) is 3.30. The first-order valence-electron chi connectivity index (χ1n) is 3.68. The molecule has 1 heterocycles. The molecule has 0 atom stereocenters. The fourth-order valence-corrected chi connectivity index (χ4v) is 0.890. The molecule has 1 rings (SSSR count). The van der Waals surface area contributed by atoms with Gasteiger partial charge in [-0.15, -0.1) is 0 Å². The molecule has 0 spiro atoms. The van der Waals surface area contributed by atoms with Crippen LogP contribution in [0.5, 0.6) is 5.88 Å². The Bertz CT molecular complexity index is 290. The maximum atomic E-state index is 11.1. The highest BCUT2D eigenvalue weighted by molar-refractivity contribution is 5.91. The number of carbonyl (C=O) groups is 1. The van der Waals surface area contributed by atoms with E-state index in [-0.39, 0.29) is 11.4 Å². The highest BCUT2D eigenvalue weighted by Gasteiger charge is 2.14. The minimum Gasteiger partial charge on any atom is -0.494 e. The second-order valence-electron chi connectivity index (χ2n) is 2.38. The summed E-state index contributed by atoms with van der Waals surface area (Å²) in [4.78, 5) is 11.1. The van der Waals surface area contributed by atoms with Gasteiger partial charge in [-0.3, -0.25) is 0 Å². The molecule has 12 heavy (non-hydrogen) atoms. The van der Waals surface area contributed by atoms with E-state index in [1.165, 1.54) is 10.6 Å². The third kappa shape index (κ3) is 1.42. The van der Waals surface area contributed by atoms with Gasteiger partial charge in [-0.25, -0.2) is 4.79 Å². The summed E-state index contributed by atoms with van der Waals surface area (Å²) >= 11 is 0. The first-order chi connectivity index (χ1) is 5.66. The van der Waals surface area contributed by atoms with Crippen molar-refractivity contribution in [2.45, 2.75) is 6.92 Å². The van der Waals surface area contributed by atoms with E-state index in [4.69, 9.17) is 4.74 Å². The number of carbonyl (C=O) groups excluding carboxylic acids is 1. The molecule has 66 valence electrons. The Morgan fingerprint density at radius 1 is 1.75 bits per heavy atom. The summed E-state index contributed by atoms with van der Waals surface area (Å²) in [5, 5.41) is 9.30. The minimum absolute atomic E-state index is 0.0616. The number of aromatic hydroxyl groups is 1. The zero-order valence-electron chi connectivity index (χ0n) is 7.07. The van der Waals surface area contributed by atoms with Crippen LogP contribution in [0.25, 0.3) is 0 Å². The molecule has 0 saturated heterocycles. The Labute approximate surface area is 70.4 Å². The van der Waals surface area contributed by atoms with E-state index in [1.54, 1.807) is 20.2 Å². The predicted octanol–water partition coefficient (Wildman–Crippen LogP) is 0.907. The van der Waals surface area contributed by atoms with Crippen LogP contribution in [-0.4, -0.2) is 22.2 Å². The monoisotopic (exact) mass is 169 g/mol. The number of hydrogen-bond donors (Lipinski definition) is 1. The van der Waals surface area contributed by atoms with Crippen LogP contribution < -0.4 is 0 Å². The van der Waals surface area contributed by atoms with Crippen molar-refractivity contribution in [2.75, 3.05) is 6.61 Å². The average Bonchev–Trinajstić information content (AvgIpc) is 2.34. The molecular formula is C8H11NO3. The van der Waals surface area contributed by atoms with Gasteiger partial charge in [0.2, 0.25) is 5.88 Å². The molecule has 1 aromatic rings. The van der Waals surface area contributed by atoms with Crippen molar-refractivity contribution in [3.05, 3.63) is 17.8 Å². The van der Waals surface area contributed by atoms with Gasteiger partial charge in [0.25, 0.3) is 0 Å². The molecule has 0 aromatic carbocycles. The van der Waals surface area contributed by atoms with E-state index in [1.807, 2.05) is 0 Å². The second-order valence-corrected chi connectivity index (χ2v) is 2.38. The van der Waals surface area contributed by atoms with Crippen molar-refractivity contribution in [3.8, 4) is 5.88 Å². The van der Waals surface area contributed by atoms with Gasteiger partial charge in [-0.2, -0.15) is 0 Å². The Morgan fingerprint density at radius 2 is 2.42 bits per heavy atom. The van der Waals surface area contributed by atoms with Gasteiger partial charge >= 0.3 is 5.97 Å². The van der Waals surface area contributed by atoms with Gasteiger partial charge in [-0.1, -0.05) is 0 Å². The van der Waals surface area contributed by atoms with Crippen LogP contribution >= 0.6 is 0 Å². The van der Waals surface area contributed by atoms with Gasteiger partial charge < -0.3 is 14.4 Å². The third-order valence-electron chi connectivity index (χ3n) is 1.54. The van der Waals surface area contributed by atoms with Crippen LogP contribution in [0.4, 0.5) is 0 Å². The lowest BCUT2D eigenvalue weighted by atomic mass is 10.3. The smallest absolute Gasteiger partial charge is 0.343 e. The van der Waals surface area contributed by atoms with Gasteiger partial charge in [0.1, 0.15) is 5.56 Å². The van der Waals surface area contributed by atoms with Gasteiger partial charge in [0.05, 0.1) is 6.61 Å². The lowest BCUT2D eigenvalue weighted by Gasteiger charge is -1.99. The molecule has 0 aliphatic heterocycles. The SMILES string of the molecule is CCOC(=O)c1ccn(C)c1O. The van der Waals surface area contributed by atoms with Crippen LogP contribution in [-0.2, 0) is 11.8 Å². The Hall–Kier alpha value is -1.45. The first kappa shape index (κ1) is 8.64. The topological polar surface area (TPSA) is 51.5 Å². The lowest BCUT2D eigenvalue weighted by Crippen LogP contribution is -2.03. The fraction of sp³-hybridized carbons (Fsp3) is 0.375. The van der Waals surface area contributed by atoms with E-state index < -0.39 is 5.97 Å². The van der Waals surface area contributed by atoms with Crippen molar-refractivity contribution >= 4 is 5.97 Å². The summed E-state index contributed by atoms with van der Waals surface area (Å²) in [6, 6.07) is 1.52. The van der Waals surface area contributed by atoms with Crippen molar-refractivity contribution in [1.82, 2.24) is 4.57 Å². The van der Waals surface area contributed by atoms with Crippen molar-refractivity contribution < 1.29 is 14.6 Å². The maximum Gasteiger partial charge on any atom is 0.343 e. The number of rotatable bonds is 2. The van der Waals surface area contributed by atoms with Crippen LogP contribution in [0.3, 0.4) is 0 Å². The van der Waals surface area contributed by atoms with E-state index in [9.17, 15) is 9.90 Å². The number of esters is 1. The molecule has 1 N–H and O–H groups in total. The molecule has 0 saturated carbocycles. The fourth-order valence-electron chi connectivity index (χ4n) is 0.890. The molecule has 0 aliphatic carbocycles. The van der Waals surface area contributed by atoms with Crippen LogP contribution in [0.2, 0.25) is 0 Å². The summed E-state index contributed by atoms with van der Waals surface area (Å²) < 4.78 is 6.16. The molecule has 0 radical (unpaired) electrons. The van der Waals surface area contributed by atoms with Crippen LogP contribution in [0.1, 0.15) is 17.3 Å². The minimum atomic E-state index is -0.490. The number of ether oxygens (including phenoxy) is 1. The highest BCUT2D eigenvalue weighted by Crippen LogP contribution is 2.17. The summed E-state index contributed by atoms with van der Waals surface area (Å²) in [5.41, 5.74) is 0.208. The van der Waals surface area contributed by atoms with Crippen LogP contribution in [0, 0.1) is 0 Å². The molecular weight excluding hydrogens is 158 g/mol. The van der Waals surface area contributed by atoms with E-state index in [0.29, 0.717) is 6.61 Å². The highest BCUT2D eigenvalue weighted by atomic mass is 16.5. The molecule has 0 unspecified atom stereocenters. The molecule has 1 aromatic heterocycles. The molecule has 4 heteroatoms. The first-order valence-corrected chi connectivity index (χ1v) is 3.68. The Balaban J connectivity index is 2.88. The number of nitrogens with zero attached hydrogens (tertiary/aromatic N) is 1. The van der Waals surface area contributed by atoms with E-state index in [0.717, 1.165) is 0 Å². The number of aromatic nitrogens is 1. The number of aryl methyl sites for hydroxylation is 1. The van der Waals surface area contributed by atoms with Crippen molar-refractivity contribution in [3.63, 3.8) is 0 Å². The average molecular weight is 169 g/mol. The van der Waals surface area contributed by atoms with Crippen LogP contribution in [0.15, 0.2) is 12.3 Å². The maximum absolute atomic E-state index is 11.1. The molecule has 0 bridgehead atoms. The predicted molar refractivity (Wildman–Crippen MR) is 43.0 cm³/mol. The van der Waals surface area contributed by atoms with Gasteiger partial charge in [0, 0.05) is 13.2 Å². The van der Waals surface area contributed by atoms with Gasteiger partial charge in [-0.05, 0) is 13.0 Å². The summed E-state index contributed by atoms with van der Waals surface area (Å²) in [6.45, 7) is 2.03. The zero-order chi connectivity index (χ0) is 9.14. The normalized spacial score (nSPS) is 9.83. The van der Waals surface area contributed by atoms with Crippen molar-refractivity contribution in [1.29, 1.82) is 0 Å². The van der Waals surface area contributed by atoms with Gasteiger partial charge in [0.15, 0.2) is 0 Å². The zero-order valence-corrected chi connectivity index (χ0v) is 7.07.